The molecule has 9 rings (SSSR count). The van der Waals surface area contributed by atoms with Crippen molar-refractivity contribution in [2.24, 2.45) is 35.5 Å². The largest absolute Gasteiger partial charge is 0.481 e. The lowest BCUT2D eigenvalue weighted by Gasteiger charge is -2.58. The third-order valence-electron chi connectivity index (χ3n) is 10.0. The highest BCUT2D eigenvalue weighted by molar-refractivity contribution is 6.00. The van der Waals surface area contributed by atoms with Crippen molar-refractivity contribution in [2.75, 3.05) is 14.2 Å². The Kier molecular flexibility index (Phi) is 3.12. The van der Waals surface area contributed by atoms with Gasteiger partial charge >= 0.3 is 17.9 Å². The van der Waals surface area contributed by atoms with E-state index in [0.29, 0.717) is 5.88 Å². The Morgan fingerprint density at radius 3 is 2.09 bits per heavy atom. The first-order valence-electron chi connectivity index (χ1n) is 11.7. The summed E-state index contributed by atoms with van der Waals surface area (Å²) in [4.78, 5) is 33.9. The van der Waals surface area contributed by atoms with Gasteiger partial charge in [0.05, 0.1) is 19.9 Å². The number of rotatable bonds is 4. The fourth-order valence-electron chi connectivity index (χ4n) is 9.40. The van der Waals surface area contributed by atoms with Crippen molar-refractivity contribution >= 4 is 11.9 Å². The lowest BCUT2D eigenvalue weighted by atomic mass is 9.42. The summed E-state index contributed by atoms with van der Waals surface area (Å²) in [6, 6.07) is 8.59. The molecular weight excluding hydrogens is 440 g/mol. The quantitative estimate of drug-likeness (QED) is 0.654. The van der Waals surface area contributed by atoms with Gasteiger partial charge in [-0.1, -0.05) is 24.3 Å². The lowest BCUT2D eigenvalue weighted by molar-refractivity contribution is -0.164. The second kappa shape index (κ2) is 5.54. The number of epoxide rings is 1. The van der Waals surface area contributed by atoms with E-state index in [1.165, 1.54) is 18.2 Å². The molecular formula is C25H22N2O7. The van der Waals surface area contributed by atoms with Gasteiger partial charge in [0.15, 0.2) is 0 Å². The number of carboxylic acids is 2. The molecule has 0 radical (unpaired) electrons. The highest BCUT2D eigenvalue weighted by Crippen LogP contribution is 2.85. The molecule has 4 fully saturated rings. The van der Waals surface area contributed by atoms with Crippen molar-refractivity contribution in [3.63, 3.8) is 0 Å². The number of benzene rings is 1. The molecule has 174 valence electrons. The Hall–Kier alpha value is -3.20. The Bertz CT molecular complexity index is 1340. The number of hydrogen-bond donors (Lipinski definition) is 2. The third-order valence-corrected chi connectivity index (χ3v) is 10.0. The predicted molar refractivity (Wildman–Crippen MR) is 113 cm³/mol. The minimum Gasteiger partial charge on any atom is -0.481 e. The maximum absolute atomic E-state index is 12.3. The molecule has 9 heteroatoms. The second-order valence-electron chi connectivity index (χ2n) is 10.6. The lowest BCUT2D eigenvalue weighted by Crippen LogP contribution is -2.67. The standard InChI is InChI=1S/C25H22N2O7/c1-32-20-16-12-8-5-3-4-6-9(8)15(19(16)26-23(27-20)33-2)14-11-7-10(13(12)14)17-18(11)25(22(30)31)24(17,34-25)21(28)29/h3-6,10-15,17-18H,7H2,1-2H3,(H,28,29)(H,30,31)/t10-,11+,12+,13-,14-,15-,17-,18+,24-,25+/m0/s1. The Labute approximate surface area is 194 Å². The first-order chi connectivity index (χ1) is 16.4. The molecule has 1 saturated heterocycles. The van der Waals surface area contributed by atoms with Gasteiger partial charge in [-0.2, -0.15) is 9.97 Å². The van der Waals surface area contributed by atoms with E-state index in [1.54, 1.807) is 7.11 Å². The molecule has 9 nitrogen and oxygen atoms in total. The maximum Gasteiger partial charge on any atom is 0.340 e. The molecule has 6 aliphatic carbocycles. The zero-order valence-electron chi connectivity index (χ0n) is 18.5. The third kappa shape index (κ3) is 1.63. The van der Waals surface area contributed by atoms with Gasteiger partial charge in [-0.3, -0.25) is 0 Å². The van der Waals surface area contributed by atoms with E-state index in [9.17, 15) is 19.8 Å². The molecule has 4 bridgehead atoms. The van der Waals surface area contributed by atoms with Crippen LogP contribution in [0.3, 0.4) is 0 Å². The van der Waals surface area contributed by atoms with Crippen molar-refractivity contribution < 1.29 is 34.0 Å². The van der Waals surface area contributed by atoms with Gasteiger partial charge < -0.3 is 24.4 Å². The summed E-state index contributed by atoms with van der Waals surface area (Å²) in [7, 11) is 3.12. The minimum absolute atomic E-state index is 0.0394. The van der Waals surface area contributed by atoms with Gasteiger partial charge in [0.25, 0.3) is 0 Å². The fraction of sp³-hybridized carbons (Fsp3) is 0.520. The number of aromatic nitrogens is 2. The van der Waals surface area contributed by atoms with Gasteiger partial charge in [0.2, 0.25) is 17.1 Å². The highest BCUT2D eigenvalue weighted by atomic mass is 16.7. The molecule has 1 aromatic carbocycles. The van der Waals surface area contributed by atoms with Crippen LogP contribution in [-0.2, 0) is 14.3 Å². The summed E-state index contributed by atoms with van der Waals surface area (Å²) >= 11 is 0. The molecule has 3 saturated carbocycles. The van der Waals surface area contributed by atoms with Gasteiger partial charge in [-0.15, -0.1) is 0 Å². The minimum atomic E-state index is -1.59. The van der Waals surface area contributed by atoms with E-state index in [-0.39, 0.29) is 53.4 Å². The summed E-state index contributed by atoms with van der Waals surface area (Å²) in [6.07, 6.45) is 0.819. The Morgan fingerprint density at radius 2 is 1.53 bits per heavy atom. The highest BCUT2D eigenvalue weighted by Gasteiger charge is 3.00. The topological polar surface area (TPSA) is 131 Å². The molecule has 0 spiro atoms. The van der Waals surface area contributed by atoms with Crippen LogP contribution in [0.2, 0.25) is 0 Å². The number of hydrogen-bond acceptors (Lipinski definition) is 7. The molecule has 0 unspecified atom stereocenters. The van der Waals surface area contributed by atoms with Crippen LogP contribution in [0.5, 0.6) is 11.9 Å². The van der Waals surface area contributed by atoms with Crippen molar-refractivity contribution in [1.82, 2.24) is 9.97 Å². The normalized spacial score (nSPS) is 44.6. The fourth-order valence-corrected chi connectivity index (χ4v) is 9.40. The van der Waals surface area contributed by atoms with E-state index in [1.807, 2.05) is 12.1 Å². The number of carboxylic acid groups (broad SMARTS) is 2. The summed E-state index contributed by atoms with van der Waals surface area (Å²) in [5.74, 6) is -2.00. The number of aliphatic carboxylic acids is 2. The molecule has 2 N–H and O–H groups in total. The monoisotopic (exact) mass is 462 g/mol. The van der Waals surface area contributed by atoms with Crippen LogP contribution < -0.4 is 9.47 Å². The molecule has 2 aromatic rings. The number of fused-ring (bicyclic) bond motifs is 8. The molecule has 7 aliphatic rings. The van der Waals surface area contributed by atoms with Crippen LogP contribution in [0.4, 0.5) is 0 Å². The van der Waals surface area contributed by atoms with E-state index in [2.05, 4.69) is 17.1 Å². The van der Waals surface area contributed by atoms with Crippen LogP contribution in [0.1, 0.15) is 40.6 Å². The van der Waals surface area contributed by atoms with Crippen molar-refractivity contribution in [1.29, 1.82) is 0 Å². The second-order valence-corrected chi connectivity index (χ2v) is 10.6. The van der Waals surface area contributed by atoms with Crippen LogP contribution in [0.15, 0.2) is 24.3 Å². The van der Waals surface area contributed by atoms with Crippen LogP contribution in [-0.4, -0.2) is 57.5 Å². The van der Waals surface area contributed by atoms with E-state index >= 15 is 0 Å². The molecule has 2 heterocycles. The van der Waals surface area contributed by atoms with Crippen LogP contribution >= 0.6 is 0 Å². The number of ether oxygens (including phenoxy) is 3. The summed E-state index contributed by atoms with van der Waals surface area (Å²) in [5, 5.41) is 20.1. The van der Waals surface area contributed by atoms with Crippen molar-refractivity contribution in [2.45, 2.75) is 29.5 Å². The number of nitrogens with zero attached hydrogens (tertiary/aromatic N) is 2. The molecule has 34 heavy (non-hydrogen) atoms. The van der Waals surface area contributed by atoms with E-state index in [0.717, 1.165) is 17.7 Å². The average Bonchev–Trinajstić information content (AvgIpc) is 3.07. The van der Waals surface area contributed by atoms with E-state index < -0.39 is 23.1 Å². The summed E-state index contributed by atoms with van der Waals surface area (Å²) in [6.45, 7) is 0. The molecule has 0 amide bonds. The van der Waals surface area contributed by atoms with Crippen LogP contribution in [0, 0.1) is 35.5 Å². The van der Waals surface area contributed by atoms with Crippen molar-refractivity contribution in [3.05, 3.63) is 46.6 Å². The van der Waals surface area contributed by atoms with Crippen molar-refractivity contribution in [3.8, 4) is 11.9 Å². The van der Waals surface area contributed by atoms with Gasteiger partial charge in [0, 0.05) is 29.2 Å². The van der Waals surface area contributed by atoms with Gasteiger partial charge in [0.1, 0.15) is 0 Å². The molecule has 10 atom stereocenters. The predicted octanol–water partition coefficient (Wildman–Crippen LogP) is 1.89. The Morgan fingerprint density at radius 1 is 0.941 bits per heavy atom. The van der Waals surface area contributed by atoms with Gasteiger partial charge in [-0.25, -0.2) is 9.59 Å². The first kappa shape index (κ1) is 19.1. The number of carbonyl (C=O) groups is 2. The summed E-state index contributed by atoms with van der Waals surface area (Å²) < 4.78 is 16.8. The molecule has 1 aromatic heterocycles. The SMILES string of the molecule is COc1nc(OC)c2c(n1)[C@H]1c3ccccc3[C@@H]2[C@@H]2[C@@H]3C[C@H]([C@H]12)[C@@H]1[C@H]3[C@@]2(C(=O)O)O[C@@]12C(=O)O. The summed E-state index contributed by atoms with van der Waals surface area (Å²) in [5.41, 5.74) is 1.09. The number of methoxy groups -OCH3 is 2. The van der Waals surface area contributed by atoms with Gasteiger partial charge in [-0.05, 0) is 41.2 Å². The first-order valence-corrected chi connectivity index (χ1v) is 11.7. The zero-order chi connectivity index (χ0) is 23.3. The zero-order valence-corrected chi connectivity index (χ0v) is 18.5. The molecule has 1 aliphatic heterocycles. The van der Waals surface area contributed by atoms with E-state index in [4.69, 9.17) is 19.2 Å². The van der Waals surface area contributed by atoms with Crippen LogP contribution in [0.25, 0.3) is 0 Å². The Balaban J connectivity index is 1.36. The maximum atomic E-state index is 12.3. The average molecular weight is 462 g/mol. The smallest absolute Gasteiger partial charge is 0.340 e.